The van der Waals surface area contributed by atoms with Crippen molar-refractivity contribution in [2.24, 2.45) is 0 Å². The molecule has 0 saturated carbocycles. The van der Waals surface area contributed by atoms with Crippen LogP contribution >= 0.6 is 0 Å². The van der Waals surface area contributed by atoms with Crippen LogP contribution in [0.3, 0.4) is 0 Å². The third-order valence-corrected chi connectivity index (χ3v) is 0. The van der Waals surface area contributed by atoms with E-state index in [-0.39, 0.29) is 82.5 Å². The van der Waals surface area contributed by atoms with Gasteiger partial charge in [0.2, 0.25) is 0 Å². The molecule has 0 amide bonds. The summed E-state index contributed by atoms with van der Waals surface area (Å²) in [5.41, 5.74) is 0. The summed E-state index contributed by atoms with van der Waals surface area (Å²) in [6, 6.07) is 0. The second-order valence-corrected chi connectivity index (χ2v) is 0. The maximum atomic E-state index is 0. The van der Waals surface area contributed by atoms with E-state index < -0.39 is 0 Å². The Morgan fingerprint density at radius 2 is 0.571 bits per heavy atom. The molecule has 0 heterocycles. The molecule has 4 nitrogen and oxygen atoms in total. The Bertz CT molecular complexity index is 11.7. The average molecular weight is 267 g/mol. The van der Waals surface area contributed by atoms with E-state index in [1.54, 1.807) is 0 Å². The monoisotopic (exact) mass is 267 g/mol. The summed E-state index contributed by atoms with van der Waals surface area (Å²) in [6.07, 6.45) is 0. The van der Waals surface area contributed by atoms with Gasteiger partial charge in [-0.3, -0.25) is 0 Å². The molecule has 7 heteroatoms. The predicted octanol–water partition coefficient (Wildman–Crippen LogP) is -0.715. The molecular formula is H4NbNiO4Ti+. The maximum absolute atomic E-state index is 0. The molecule has 0 fully saturated rings. The summed E-state index contributed by atoms with van der Waals surface area (Å²) in [5, 5.41) is 0. The summed E-state index contributed by atoms with van der Waals surface area (Å²) in [5.74, 6) is 0. The van der Waals surface area contributed by atoms with Crippen LogP contribution in [-0.2, 0) is 60.6 Å². The first-order valence-electron chi connectivity index (χ1n) is 0. The third kappa shape index (κ3) is 81.6. The standard InChI is InChI=1S/Nb.Ni.4H2O.Ti/h;;4*1H2;/q+3;+2;;;;;/p-4. The van der Waals surface area contributed by atoms with E-state index in [1.807, 2.05) is 0 Å². The van der Waals surface area contributed by atoms with Gasteiger partial charge in [0.05, 0.1) is 0 Å². The van der Waals surface area contributed by atoms with Gasteiger partial charge in [0.1, 0.15) is 0 Å². The van der Waals surface area contributed by atoms with Gasteiger partial charge in [-0.1, -0.05) is 0 Å². The van der Waals surface area contributed by atoms with Crippen LogP contribution < -0.4 is 0 Å². The summed E-state index contributed by atoms with van der Waals surface area (Å²) in [7, 11) is 0. The molecule has 0 aromatic rings. The van der Waals surface area contributed by atoms with Crippen LogP contribution in [0.4, 0.5) is 0 Å². The van der Waals surface area contributed by atoms with Gasteiger partial charge in [-0.25, -0.2) is 0 Å². The minimum atomic E-state index is 0. The molecule has 0 atom stereocenters. The second kappa shape index (κ2) is 112. The normalized spacial score (nSPS) is 0. The van der Waals surface area contributed by atoms with Gasteiger partial charge in [-0.05, 0) is 0 Å². The number of hydrogen-bond acceptors (Lipinski definition) is 4. The van der Waals surface area contributed by atoms with Crippen molar-refractivity contribution in [2.45, 2.75) is 0 Å². The second-order valence-electron chi connectivity index (χ2n) is 0. The zero-order valence-electron chi connectivity index (χ0n) is 3.05. The zero-order chi connectivity index (χ0) is 0. The van der Waals surface area contributed by atoms with Crippen LogP contribution in [0.25, 0.3) is 0 Å². The molecule has 0 rings (SSSR count). The van der Waals surface area contributed by atoms with Crippen molar-refractivity contribution in [2.75, 3.05) is 0 Å². The minimum Gasteiger partial charge on any atom is -0.870 e. The fourth-order valence-corrected chi connectivity index (χ4v) is 0. The molecule has 46 valence electrons. The molecule has 4 N–H and O–H groups in total. The topological polar surface area (TPSA) is 120 Å². The predicted molar refractivity (Wildman–Crippen MR) is 7.74 cm³/mol. The Labute approximate surface area is 82.0 Å². The molecule has 0 bridgehead atoms. The van der Waals surface area contributed by atoms with Crippen molar-refractivity contribution in [1.82, 2.24) is 0 Å². The van der Waals surface area contributed by atoms with E-state index in [2.05, 4.69) is 0 Å². The van der Waals surface area contributed by atoms with Crippen molar-refractivity contribution in [3.63, 3.8) is 0 Å². The van der Waals surface area contributed by atoms with Gasteiger partial charge in [0.15, 0.2) is 0 Å². The zero-order valence-corrected chi connectivity index (χ0v) is 7.80. The molecule has 7 heavy (non-hydrogen) atoms. The van der Waals surface area contributed by atoms with Crippen LogP contribution in [0.1, 0.15) is 0 Å². The first kappa shape index (κ1) is 167. The molecule has 0 saturated heterocycles. The minimum absolute atomic E-state index is 0. The van der Waals surface area contributed by atoms with Crippen LogP contribution in [0, 0.1) is 0 Å². The summed E-state index contributed by atoms with van der Waals surface area (Å²) >= 11 is 0. The van der Waals surface area contributed by atoms with Gasteiger partial charge in [-0.2, -0.15) is 0 Å². The van der Waals surface area contributed by atoms with E-state index >= 15 is 0 Å². The molecule has 0 aliphatic rings. The summed E-state index contributed by atoms with van der Waals surface area (Å²) < 4.78 is 0. The molecule has 0 aliphatic carbocycles. The smallest absolute Gasteiger partial charge is 0.870 e. The van der Waals surface area contributed by atoms with Crippen LogP contribution in [-0.4, -0.2) is 21.9 Å². The average Bonchev–Trinajstić information content (AvgIpc) is 0. The van der Waals surface area contributed by atoms with E-state index in [4.69, 9.17) is 0 Å². The van der Waals surface area contributed by atoms with Crippen molar-refractivity contribution < 1.29 is 82.5 Å². The molecule has 0 aromatic heterocycles. The molecule has 0 aromatic carbocycles. The van der Waals surface area contributed by atoms with Crippen molar-refractivity contribution in [3.05, 3.63) is 0 Å². The molecular weight excluding hydrogens is 263 g/mol. The fourth-order valence-electron chi connectivity index (χ4n) is 0. The van der Waals surface area contributed by atoms with Crippen molar-refractivity contribution in [3.8, 4) is 0 Å². The summed E-state index contributed by atoms with van der Waals surface area (Å²) in [6.45, 7) is 0. The van der Waals surface area contributed by atoms with Gasteiger partial charge in [-0.15, -0.1) is 0 Å². The Morgan fingerprint density at radius 1 is 0.571 bits per heavy atom. The fraction of sp³-hybridized carbons (Fsp3) is 0. The van der Waals surface area contributed by atoms with Gasteiger partial charge >= 0.3 is 38.9 Å². The molecule has 0 radical (unpaired) electrons. The van der Waals surface area contributed by atoms with Crippen molar-refractivity contribution in [1.29, 1.82) is 0 Å². The molecule has 0 aliphatic heterocycles. The molecule has 0 spiro atoms. The Kier molecular flexibility index (Phi) is 2670. The number of hydrogen-bond donors (Lipinski definition) is 0. The van der Waals surface area contributed by atoms with Gasteiger partial charge in [0.25, 0.3) is 0 Å². The third-order valence-electron chi connectivity index (χ3n) is 0. The van der Waals surface area contributed by atoms with E-state index in [9.17, 15) is 0 Å². The largest absolute Gasteiger partial charge is 3.00 e. The maximum Gasteiger partial charge on any atom is 3.00 e. The van der Waals surface area contributed by atoms with Crippen LogP contribution in [0.15, 0.2) is 0 Å². The quantitative estimate of drug-likeness (QED) is 0.538. The Hall–Kier alpha value is 1.79. The van der Waals surface area contributed by atoms with E-state index in [1.165, 1.54) is 0 Å². The van der Waals surface area contributed by atoms with Crippen LogP contribution in [0.5, 0.6) is 0 Å². The molecule has 0 unspecified atom stereocenters. The van der Waals surface area contributed by atoms with Crippen molar-refractivity contribution >= 4 is 0 Å². The van der Waals surface area contributed by atoms with Crippen LogP contribution in [0.2, 0.25) is 0 Å². The van der Waals surface area contributed by atoms with Gasteiger partial charge < -0.3 is 21.9 Å². The number of rotatable bonds is 0. The van der Waals surface area contributed by atoms with Gasteiger partial charge in [0, 0.05) is 21.7 Å². The first-order valence-corrected chi connectivity index (χ1v) is 0. The SMILES string of the molecule is [Nb+3].[Ni+2].[OH-].[OH-].[OH-].[OH-].[Ti]. The van der Waals surface area contributed by atoms with E-state index in [0.29, 0.717) is 0 Å². The summed E-state index contributed by atoms with van der Waals surface area (Å²) in [4.78, 5) is 0. The Balaban J connectivity index is 0. The van der Waals surface area contributed by atoms with E-state index in [0.717, 1.165) is 0 Å². The Morgan fingerprint density at radius 3 is 0.571 bits per heavy atom. The first-order chi connectivity index (χ1) is 0.